The number of aryl methyl sites for hydroxylation is 1. The molecule has 0 unspecified atom stereocenters. The third kappa shape index (κ3) is 4.18. The molecule has 1 heterocycles. The lowest BCUT2D eigenvalue weighted by molar-refractivity contribution is -0.136. The number of hydrogen-bond donors (Lipinski definition) is 2. The van der Waals surface area contributed by atoms with E-state index < -0.39 is 40.9 Å². The minimum Gasteiger partial charge on any atom is -0.395 e. The second-order valence-corrected chi connectivity index (χ2v) is 5.63. The standard InChI is InChI=1S/C9H14F3N3O3S/c1-2-7-13-5-8(14-7)19(17,18)15(3-4-16)6-9(10,11)12/h5,16H,2-4,6H2,1H3,(H,13,14). The van der Waals surface area contributed by atoms with Crippen molar-refractivity contribution in [3.63, 3.8) is 0 Å². The Balaban J connectivity index is 3.05. The van der Waals surface area contributed by atoms with Crippen molar-refractivity contribution in [3.05, 3.63) is 12.0 Å². The van der Waals surface area contributed by atoms with Crippen LogP contribution in [0.1, 0.15) is 12.7 Å². The molecule has 0 radical (unpaired) electrons. The van der Waals surface area contributed by atoms with Crippen LogP contribution in [-0.2, 0) is 16.4 Å². The zero-order valence-corrected chi connectivity index (χ0v) is 10.9. The van der Waals surface area contributed by atoms with E-state index >= 15 is 0 Å². The van der Waals surface area contributed by atoms with Gasteiger partial charge in [0.25, 0.3) is 10.0 Å². The Bertz CT molecular complexity index is 512. The van der Waals surface area contributed by atoms with Gasteiger partial charge in [0.15, 0.2) is 5.03 Å². The summed E-state index contributed by atoms with van der Waals surface area (Å²) in [5.74, 6) is 0.356. The molecule has 6 nitrogen and oxygen atoms in total. The minimum absolute atomic E-state index is 0.167. The maximum atomic E-state index is 12.3. The van der Waals surface area contributed by atoms with E-state index in [1.165, 1.54) is 0 Å². The van der Waals surface area contributed by atoms with Crippen LogP contribution in [0.2, 0.25) is 0 Å². The molecule has 110 valence electrons. The van der Waals surface area contributed by atoms with Gasteiger partial charge < -0.3 is 10.1 Å². The Hall–Kier alpha value is -1.13. The molecule has 19 heavy (non-hydrogen) atoms. The zero-order chi connectivity index (χ0) is 14.7. The highest BCUT2D eigenvalue weighted by atomic mass is 32.2. The largest absolute Gasteiger partial charge is 0.402 e. The van der Waals surface area contributed by atoms with Gasteiger partial charge in [-0.3, -0.25) is 0 Å². The average Bonchev–Trinajstić information content (AvgIpc) is 2.75. The number of halogens is 3. The minimum atomic E-state index is -4.68. The van der Waals surface area contributed by atoms with Gasteiger partial charge in [-0.25, -0.2) is 13.4 Å². The molecule has 0 spiro atoms. The highest BCUT2D eigenvalue weighted by Crippen LogP contribution is 2.21. The van der Waals surface area contributed by atoms with E-state index in [0.29, 0.717) is 12.2 Å². The third-order valence-electron chi connectivity index (χ3n) is 2.26. The Morgan fingerprint density at radius 2 is 2.11 bits per heavy atom. The summed E-state index contributed by atoms with van der Waals surface area (Å²) in [5, 5.41) is 8.28. The predicted octanol–water partition coefficient (Wildman–Crippen LogP) is 0.517. The zero-order valence-electron chi connectivity index (χ0n) is 10.1. The summed E-state index contributed by atoms with van der Waals surface area (Å²) in [6.07, 6.45) is -3.29. The molecule has 0 saturated heterocycles. The first-order chi connectivity index (χ1) is 8.70. The van der Waals surface area contributed by atoms with Gasteiger partial charge in [-0.05, 0) is 0 Å². The summed E-state index contributed by atoms with van der Waals surface area (Å²) in [7, 11) is -4.35. The van der Waals surface area contributed by atoms with Gasteiger partial charge in [-0.1, -0.05) is 6.92 Å². The second kappa shape index (κ2) is 5.88. The number of imidazole rings is 1. The smallest absolute Gasteiger partial charge is 0.395 e. The lowest BCUT2D eigenvalue weighted by Gasteiger charge is -2.21. The predicted molar refractivity (Wildman–Crippen MR) is 59.9 cm³/mol. The maximum absolute atomic E-state index is 12.3. The van der Waals surface area contributed by atoms with E-state index in [4.69, 9.17) is 5.11 Å². The van der Waals surface area contributed by atoms with Gasteiger partial charge in [-0.2, -0.15) is 17.5 Å². The van der Waals surface area contributed by atoms with E-state index in [0.717, 1.165) is 6.20 Å². The molecule has 0 amide bonds. The van der Waals surface area contributed by atoms with Crippen molar-refractivity contribution in [3.8, 4) is 0 Å². The summed E-state index contributed by atoms with van der Waals surface area (Å²) >= 11 is 0. The first-order valence-corrected chi connectivity index (χ1v) is 6.86. The molecule has 0 bridgehead atoms. The summed E-state index contributed by atoms with van der Waals surface area (Å²) < 4.78 is 61.1. The number of sulfonamides is 1. The van der Waals surface area contributed by atoms with E-state index in [9.17, 15) is 21.6 Å². The lowest BCUT2D eigenvalue weighted by Crippen LogP contribution is -2.40. The SMILES string of the molecule is CCc1ncc(S(=O)(=O)N(CCO)CC(F)(F)F)[nH]1. The monoisotopic (exact) mass is 301 g/mol. The summed E-state index contributed by atoms with van der Waals surface area (Å²) in [6.45, 7) is -1.28. The lowest BCUT2D eigenvalue weighted by atomic mass is 10.5. The van der Waals surface area contributed by atoms with Crippen LogP contribution < -0.4 is 0 Å². The van der Waals surface area contributed by atoms with Crippen LogP contribution in [0.4, 0.5) is 13.2 Å². The number of aliphatic hydroxyl groups is 1. The number of nitrogens with one attached hydrogen (secondary N) is 1. The van der Waals surface area contributed by atoms with E-state index in [1.54, 1.807) is 6.92 Å². The van der Waals surface area contributed by atoms with Crippen LogP contribution in [0.25, 0.3) is 0 Å². The first-order valence-electron chi connectivity index (χ1n) is 5.42. The summed E-state index contributed by atoms with van der Waals surface area (Å²) in [6, 6.07) is 0. The molecule has 1 aromatic rings. The Labute approximate surface area is 108 Å². The highest BCUT2D eigenvalue weighted by molar-refractivity contribution is 7.89. The van der Waals surface area contributed by atoms with Gasteiger partial charge in [0.2, 0.25) is 0 Å². The topological polar surface area (TPSA) is 86.3 Å². The fourth-order valence-corrected chi connectivity index (χ4v) is 2.74. The molecule has 0 aliphatic heterocycles. The molecule has 2 N–H and O–H groups in total. The van der Waals surface area contributed by atoms with Crippen LogP contribution >= 0.6 is 0 Å². The molecule has 0 aliphatic carbocycles. The second-order valence-electron chi connectivity index (χ2n) is 3.73. The number of aromatic nitrogens is 2. The highest BCUT2D eigenvalue weighted by Gasteiger charge is 2.37. The molecule has 10 heteroatoms. The normalized spacial score (nSPS) is 13.2. The van der Waals surface area contributed by atoms with Gasteiger partial charge in [0, 0.05) is 13.0 Å². The molecular weight excluding hydrogens is 287 g/mol. The number of alkyl halides is 3. The van der Waals surface area contributed by atoms with Gasteiger partial charge in [0.05, 0.1) is 12.8 Å². The third-order valence-corrected chi connectivity index (χ3v) is 4.02. The average molecular weight is 301 g/mol. The molecule has 0 aliphatic rings. The number of aromatic amines is 1. The van der Waals surface area contributed by atoms with Crippen molar-refractivity contribution >= 4 is 10.0 Å². The molecule has 0 fully saturated rings. The van der Waals surface area contributed by atoms with Crippen LogP contribution in [-0.4, -0.2) is 53.7 Å². The fourth-order valence-electron chi connectivity index (χ4n) is 1.39. The molecule has 0 atom stereocenters. The number of H-pyrrole nitrogens is 1. The van der Waals surface area contributed by atoms with Crippen molar-refractivity contribution < 1.29 is 26.7 Å². The van der Waals surface area contributed by atoms with Crippen molar-refractivity contribution in [2.24, 2.45) is 0 Å². The van der Waals surface area contributed by atoms with E-state index in [-0.39, 0.29) is 4.31 Å². The number of rotatable bonds is 6. The van der Waals surface area contributed by atoms with Gasteiger partial charge >= 0.3 is 6.18 Å². The first kappa shape index (κ1) is 15.9. The Morgan fingerprint density at radius 1 is 1.47 bits per heavy atom. The quantitative estimate of drug-likeness (QED) is 0.802. The number of nitrogens with zero attached hydrogens (tertiary/aromatic N) is 2. The molecule has 1 aromatic heterocycles. The van der Waals surface area contributed by atoms with E-state index in [1.807, 2.05) is 0 Å². The van der Waals surface area contributed by atoms with Crippen molar-refractivity contribution in [1.82, 2.24) is 14.3 Å². The van der Waals surface area contributed by atoms with Crippen LogP contribution in [0.15, 0.2) is 11.2 Å². The van der Waals surface area contributed by atoms with E-state index in [2.05, 4.69) is 9.97 Å². The van der Waals surface area contributed by atoms with Crippen LogP contribution in [0.3, 0.4) is 0 Å². The Kier molecular flexibility index (Phi) is 4.93. The number of aliphatic hydroxyl groups excluding tert-OH is 1. The summed E-state index contributed by atoms with van der Waals surface area (Å²) in [5.41, 5.74) is 0. The molecular formula is C9H14F3N3O3S. The maximum Gasteiger partial charge on any atom is 0.402 e. The Morgan fingerprint density at radius 3 is 2.53 bits per heavy atom. The van der Waals surface area contributed by atoms with Gasteiger partial charge in [-0.15, -0.1) is 0 Å². The molecule has 1 rings (SSSR count). The van der Waals surface area contributed by atoms with Crippen molar-refractivity contribution in [2.75, 3.05) is 19.7 Å². The van der Waals surface area contributed by atoms with Crippen molar-refractivity contribution in [2.45, 2.75) is 24.5 Å². The summed E-state index contributed by atoms with van der Waals surface area (Å²) in [4.78, 5) is 6.17. The fraction of sp³-hybridized carbons (Fsp3) is 0.667. The molecule has 0 aromatic carbocycles. The van der Waals surface area contributed by atoms with Crippen molar-refractivity contribution in [1.29, 1.82) is 0 Å². The van der Waals surface area contributed by atoms with Gasteiger partial charge in [0.1, 0.15) is 12.4 Å². The van der Waals surface area contributed by atoms with Crippen LogP contribution in [0, 0.1) is 0 Å². The van der Waals surface area contributed by atoms with Crippen LogP contribution in [0.5, 0.6) is 0 Å². The molecule has 0 saturated carbocycles. The number of hydrogen-bond acceptors (Lipinski definition) is 4.